The van der Waals surface area contributed by atoms with Gasteiger partial charge in [-0.2, -0.15) is 0 Å². The molecule has 0 saturated carbocycles. The Labute approximate surface area is 136 Å². The molecule has 0 aromatic heterocycles. The molecule has 7 heteroatoms. The normalized spacial score (nSPS) is 10.3. The summed E-state index contributed by atoms with van der Waals surface area (Å²) in [7, 11) is 0. The Morgan fingerprint density at radius 2 is 1.71 bits per heavy atom. The second kappa shape index (κ2) is 6.98. The number of para-hydroxylation sites is 1. The molecule has 0 aliphatic carbocycles. The molecule has 0 aliphatic heterocycles. The molecule has 2 rings (SSSR count). The van der Waals surface area contributed by atoms with Gasteiger partial charge in [0.05, 0.1) is 27.3 Å². The van der Waals surface area contributed by atoms with Crippen LogP contribution in [-0.4, -0.2) is 12.5 Å². The molecule has 0 bridgehead atoms. The first-order chi connectivity index (χ1) is 9.97. The Morgan fingerprint density at radius 3 is 2.33 bits per heavy atom. The van der Waals surface area contributed by atoms with Crippen LogP contribution in [0, 0.1) is 5.82 Å². The highest BCUT2D eigenvalue weighted by Gasteiger charge is 2.09. The summed E-state index contributed by atoms with van der Waals surface area (Å²) in [5, 5.41) is 6.07. The Kier molecular flexibility index (Phi) is 5.28. The molecule has 0 saturated heterocycles. The largest absolute Gasteiger partial charge is 0.376 e. The van der Waals surface area contributed by atoms with E-state index < -0.39 is 5.82 Å². The fourth-order valence-corrected chi connectivity index (χ4v) is 2.20. The summed E-state index contributed by atoms with van der Waals surface area (Å²) in [4.78, 5) is 11.8. The lowest BCUT2D eigenvalue weighted by atomic mass is 10.3. The van der Waals surface area contributed by atoms with Crippen molar-refractivity contribution in [2.24, 2.45) is 0 Å². The first kappa shape index (κ1) is 15.9. The third-order valence-electron chi connectivity index (χ3n) is 2.60. The molecule has 0 unspecified atom stereocenters. The Morgan fingerprint density at radius 1 is 1.05 bits per heavy atom. The minimum Gasteiger partial charge on any atom is -0.376 e. The molecule has 2 aromatic carbocycles. The number of rotatable bonds is 4. The average Bonchev–Trinajstić information content (AvgIpc) is 2.44. The molecule has 110 valence electrons. The van der Waals surface area contributed by atoms with E-state index >= 15 is 0 Å². The predicted octanol–water partition coefficient (Wildman–Crippen LogP) is 4.84. The summed E-state index contributed by atoms with van der Waals surface area (Å²) >= 11 is 17.5. The molecule has 2 aromatic rings. The third kappa shape index (κ3) is 4.24. The summed E-state index contributed by atoms with van der Waals surface area (Å²) in [6.07, 6.45) is 0. The van der Waals surface area contributed by atoms with Gasteiger partial charge >= 0.3 is 0 Å². The minimum absolute atomic E-state index is 0.0212. The number of halogens is 4. The lowest BCUT2D eigenvalue weighted by Gasteiger charge is -2.10. The van der Waals surface area contributed by atoms with Crippen molar-refractivity contribution < 1.29 is 9.18 Å². The summed E-state index contributed by atoms with van der Waals surface area (Å²) in [6, 6.07) is 9.09. The number of carbonyl (C=O) groups is 1. The van der Waals surface area contributed by atoms with Gasteiger partial charge in [-0.05, 0) is 30.3 Å². The van der Waals surface area contributed by atoms with E-state index in [4.69, 9.17) is 34.8 Å². The van der Waals surface area contributed by atoms with Crippen molar-refractivity contribution in [3.63, 3.8) is 0 Å². The van der Waals surface area contributed by atoms with Crippen LogP contribution in [0.5, 0.6) is 0 Å². The molecule has 2 N–H and O–H groups in total. The molecule has 0 spiro atoms. The Hall–Kier alpha value is -1.49. The molecule has 0 aliphatic rings. The van der Waals surface area contributed by atoms with Gasteiger partial charge in [0.25, 0.3) is 0 Å². The number of benzene rings is 2. The van der Waals surface area contributed by atoms with Gasteiger partial charge in [0.15, 0.2) is 0 Å². The number of nitrogens with one attached hydrogen (secondary N) is 2. The number of amides is 1. The topological polar surface area (TPSA) is 41.1 Å². The van der Waals surface area contributed by atoms with Crippen molar-refractivity contribution in [2.75, 3.05) is 17.2 Å². The van der Waals surface area contributed by atoms with Gasteiger partial charge in [0.2, 0.25) is 5.91 Å². The quantitative estimate of drug-likeness (QED) is 0.831. The van der Waals surface area contributed by atoms with E-state index in [9.17, 15) is 9.18 Å². The third-order valence-corrected chi connectivity index (χ3v) is 3.54. The van der Waals surface area contributed by atoms with E-state index in [0.717, 1.165) is 0 Å². The molecule has 0 heterocycles. The SMILES string of the molecule is O=C(CNc1ccc(Cl)c(F)c1)Nc1c(Cl)cccc1Cl. The zero-order valence-electron chi connectivity index (χ0n) is 10.6. The first-order valence-electron chi connectivity index (χ1n) is 5.90. The number of carbonyl (C=O) groups excluding carboxylic acids is 1. The van der Waals surface area contributed by atoms with E-state index in [2.05, 4.69) is 10.6 Å². The van der Waals surface area contributed by atoms with Crippen molar-refractivity contribution in [1.29, 1.82) is 0 Å². The number of hydrogen-bond donors (Lipinski definition) is 2. The Balaban J connectivity index is 1.97. The van der Waals surface area contributed by atoms with Crippen LogP contribution in [0.25, 0.3) is 0 Å². The molecule has 0 fully saturated rings. The van der Waals surface area contributed by atoms with Crippen molar-refractivity contribution in [3.05, 3.63) is 57.3 Å². The second-order valence-corrected chi connectivity index (χ2v) is 5.35. The molecule has 3 nitrogen and oxygen atoms in total. The van der Waals surface area contributed by atoms with E-state index in [0.29, 0.717) is 21.4 Å². The first-order valence-corrected chi connectivity index (χ1v) is 7.03. The van der Waals surface area contributed by atoms with E-state index in [1.807, 2.05) is 0 Å². The fraction of sp³-hybridized carbons (Fsp3) is 0.0714. The van der Waals surface area contributed by atoms with Crippen LogP contribution in [0.1, 0.15) is 0 Å². The van der Waals surface area contributed by atoms with Crippen LogP contribution >= 0.6 is 34.8 Å². The maximum atomic E-state index is 13.2. The van der Waals surface area contributed by atoms with Gasteiger partial charge in [-0.3, -0.25) is 4.79 Å². The van der Waals surface area contributed by atoms with Gasteiger partial charge in [-0.15, -0.1) is 0 Å². The summed E-state index contributed by atoms with van der Waals surface area (Å²) in [5.41, 5.74) is 0.784. The highest BCUT2D eigenvalue weighted by Crippen LogP contribution is 2.29. The van der Waals surface area contributed by atoms with E-state index in [1.54, 1.807) is 24.3 Å². The monoisotopic (exact) mass is 346 g/mol. The summed E-state index contributed by atoms with van der Waals surface area (Å²) in [5.74, 6) is -0.920. The van der Waals surface area contributed by atoms with E-state index in [1.165, 1.54) is 12.1 Å². The number of anilines is 2. The standard InChI is InChI=1S/C14H10Cl3FN2O/c15-9-5-4-8(6-12(9)18)19-7-13(21)20-14-10(16)2-1-3-11(14)17/h1-6,19H,7H2,(H,20,21). The lowest BCUT2D eigenvalue weighted by molar-refractivity contribution is -0.114. The molecular formula is C14H10Cl3FN2O. The van der Waals surface area contributed by atoms with Crippen LogP contribution in [0.15, 0.2) is 36.4 Å². The smallest absolute Gasteiger partial charge is 0.243 e. The van der Waals surface area contributed by atoms with Crippen LogP contribution in [-0.2, 0) is 4.79 Å². The molecule has 0 atom stereocenters. The van der Waals surface area contributed by atoms with Gasteiger partial charge in [0, 0.05) is 5.69 Å². The molecule has 21 heavy (non-hydrogen) atoms. The maximum Gasteiger partial charge on any atom is 0.243 e. The Bertz CT molecular complexity index is 659. The zero-order valence-corrected chi connectivity index (χ0v) is 12.9. The highest BCUT2D eigenvalue weighted by atomic mass is 35.5. The summed E-state index contributed by atoms with van der Waals surface area (Å²) in [6.45, 7) is -0.0668. The van der Waals surface area contributed by atoms with Crippen LogP contribution in [0.3, 0.4) is 0 Å². The molecular weight excluding hydrogens is 338 g/mol. The second-order valence-electron chi connectivity index (χ2n) is 4.13. The minimum atomic E-state index is -0.559. The van der Waals surface area contributed by atoms with Crippen LogP contribution in [0.4, 0.5) is 15.8 Å². The van der Waals surface area contributed by atoms with E-state index in [-0.39, 0.29) is 17.5 Å². The van der Waals surface area contributed by atoms with Crippen molar-refractivity contribution in [2.45, 2.75) is 0 Å². The predicted molar refractivity (Wildman–Crippen MR) is 85.0 cm³/mol. The van der Waals surface area contributed by atoms with Crippen LogP contribution < -0.4 is 10.6 Å². The van der Waals surface area contributed by atoms with Crippen molar-refractivity contribution >= 4 is 52.1 Å². The van der Waals surface area contributed by atoms with Gasteiger partial charge in [-0.25, -0.2) is 4.39 Å². The molecule has 0 radical (unpaired) electrons. The zero-order chi connectivity index (χ0) is 15.4. The van der Waals surface area contributed by atoms with Crippen LogP contribution in [0.2, 0.25) is 15.1 Å². The molecule has 1 amide bonds. The van der Waals surface area contributed by atoms with Gasteiger partial charge in [0.1, 0.15) is 5.82 Å². The highest BCUT2D eigenvalue weighted by molar-refractivity contribution is 6.39. The van der Waals surface area contributed by atoms with Gasteiger partial charge in [-0.1, -0.05) is 40.9 Å². The maximum absolute atomic E-state index is 13.2. The summed E-state index contributed by atoms with van der Waals surface area (Å²) < 4.78 is 13.2. The number of hydrogen-bond acceptors (Lipinski definition) is 2. The van der Waals surface area contributed by atoms with Crippen molar-refractivity contribution in [1.82, 2.24) is 0 Å². The van der Waals surface area contributed by atoms with Gasteiger partial charge < -0.3 is 10.6 Å². The average molecular weight is 348 g/mol. The fourth-order valence-electron chi connectivity index (χ4n) is 1.59. The lowest BCUT2D eigenvalue weighted by Crippen LogP contribution is -2.22. The van der Waals surface area contributed by atoms with Crippen molar-refractivity contribution in [3.8, 4) is 0 Å².